The number of carbonyl (C=O) groups is 1. The molecule has 0 spiro atoms. The Balaban J connectivity index is 2.58. The molecule has 0 heterocycles. The molecule has 1 aromatic carbocycles. The van der Waals surface area contributed by atoms with Crippen molar-refractivity contribution in [1.82, 2.24) is 0 Å². The van der Waals surface area contributed by atoms with Crippen molar-refractivity contribution in [1.29, 1.82) is 0 Å². The normalized spacial score (nSPS) is 11.3. The van der Waals surface area contributed by atoms with Crippen LogP contribution in [0.2, 0.25) is 0 Å². The summed E-state index contributed by atoms with van der Waals surface area (Å²) in [6.07, 6.45) is -5.48. The molecular weight excluding hydrogens is 235 g/mol. The molecule has 0 amide bonds. The molecule has 0 aliphatic rings. The average Bonchev–Trinajstić information content (AvgIpc) is 2.13. The van der Waals surface area contributed by atoms with Crippen LogP contribution in [0.5, 0.6) is 0 Å². The zero-order valence-electron chi connectivity index (χ0n) is 9.17. The van der Waals surface area contributed by atoms with Gasteiger partial charge in [0.05, 0.1) is 12.0 Å². The number of nitrogens with two attached hydrogens (primary N) is 1. The zero-order valence-corrected chi connectivity index (χ0v) is 9.17. The molecule has 17 heavy (non-hydrogen) atoms. The van der Waals surface area contributed by atoms with Crippen LogP contribution in [0.25, 0.3) is 0 Å². The van der Waals surface area contributed by atoms with Gasteiger partial charge >= 0.3 is 12.1 Å². The molecule has 0 bridgehead atoms. The molecule has 0 saturated heterocycles. The number of nitrogen functional groups attached to an aromatic ring is 1. The van der Waals surface area contributed by atoms with E-state index in [0.29, 0.717) is 5.69 Å². The first-order valence-electron chi connectivity index (χ1n) is 4.89. The summed E-state index contributed by atoms with van der Waals surface area (Å²) in [4.78, 5) is 11.4. The predicted octanol–water partition coefficient (Wildman–Crippen LogP) is 2.69. The molecule has 0 radical (unpaired) electrons. The molecule has 0 aliphatic heterocycles. The minimum atomic E-state index is -4.33. The third-order valence-corrected chi connectivity index (χ3v) is 1.95. The van der Waals surface area contributed by atoms with Gasteiger partial charge in [0.25, 0.3) is 0 Å². The van der Waals surface area contributed by atoms with Crippen molar-refractivity contribution in [3.05, 3.63) is 29.3 Å². The number of hydrogen-bond donors (Lipinski definition) is 1. The number of alkyl halides is 3. The molecule has 0 aromatic heterocycles. The van der Waals surface area contributed by atoms with Crippen LogP contribution in [0.3, 0.4) is 0 Å². The van der Waals surface area contributed by atoms with Crippen molar-refractivity contribution in [3.8, 4) is 0 Å². The quantitative estimate of drug-likeness (QED) is 0.660. The van der Waals surface area contributed by atoms with Crippen molar-refractivity contribution in [2.75, 3.05) is 12.3 Å². The maximum absolute atomic E-state index is 11.8. The van der Waals surface area contributed by atoms with E-state index in [4.69, 9.17) is 5.73 Å². The molecule has 3 nitrogen and oxygen atoms in total. The number of aryl methyl sites for hydroxylation is 1. The second kappa shape index (κ2) is 5.07. The fraction of sp³-hybridized carbons (Fsp3) is 0.364. The van der Waals surface area contributed by atoms with E-state index < -0.39 is 25.2 Å². The van der Waals surface area contributed by atoms with Gasteiger partial charge in [0, 0.05) is 5.69 Å². The number of carbonyl (C=O) groups excluding carboxylic acids is 1. The Morgan fingerprint density at radius 1 is 1.35 bits per heavy atom. The highest BCUT2D eigenvalue weighted by Gasteiger charge is 2.27. The van der Waals surface area contributed by atoms with E-state index in [0.717, 1.165) is 5.56 Å². The minimum absolute atomic E-state index is 0.157. The summed E-state index contributed by atoms with van der Waals surface area (Å²) in [5.41, 5.74) is 6.78. The van der Waals surface area contributed by atoms with E-state index in [-0.39, 0.29) is 5.56 Å². The second-order valence-corrected chi connectivity index (χ2v) is 3.63. The SMILES string of the molecule is Cc1cc(N)cc(C(=O)OCCC(F)(F)F)c1. The Bertz CT molecular complexity index is 395. The molecule has 0 fully saturated rings. The molecule has 0 aliphatic carbocycles. The van der Waals surface area contributed by atoms with Crippen molar-refractivity contribution in [2.45, 2.75) is 19.5 Å². The van der Waals surface area contributed by atoms with Gasteiger partial charge in [-0.05, 0) is 30.7 Å². The number of halogens is 3. The van der Waals surface area contributed by atoms with Gasteiger partial charge < -0.3 is 10.5 Å². The van der Waals surface area contributed by atoms with Gasteiger partial charge in [-0.2, -0.15) is 13.2 Å². The number of hydrogen-bond acceptors (Lipinski definition) is 3. The van der Waals surface area contributed by atoms with E-state index in [9.17, 15) is 18.0 Å². The average molecular weight is 247 g/mol. The number of anilines is 1. The van der Waals surface area contributed by atoms with Crippen LogP contribution >= 0.6 is 0 Å². The fourth-order valence-corrected chi connectivity index (χ4v) is 1.27. The smallest absolute Gasteiger partial charge is 0.392 e. The summed E-state index contributed by atoms with van der Waals surface area (Å²) in [5.74, 6) is -0.801. The third kappa shape index (κ3) is 4.76. The Labute approximate surface area is 96.4 Å². The van der Waals surface area contributed by atoms with Crippen molar-refractivity contribution in [2.24, 2.45) is 0 Å². The van der Waals surface area contributed by atoms with Crippen LogP contribution in [-0.2, 0) is 4.74 Å². The molecule has 1 aromatic rings. The fourth-order valence-electron chi connectivity index (χ4n) is 1.27. The topological polar surface area (TPSA) is 52.3 Å². The highest BCUT2D eigenvalue weighted by atomic mass is 19.4. The van der Waals surface area contributed by atoms with Gasteiger partial charge in [0.2, 0.25) is 0 Å². The monoisotopic (exact) mass is 247 g/mol. The molecule has 94 valence electrons. The van der Waals surface area contributed by atoms with Gasteiger partial charge in [0.1, 0.15) is 6.61 Å². The summed E-state index contributed by atoms with van der Waals surface area (Å²) in [7, 11) is 0. The van der Waals surface area contributed by atoms with E-state index in [2.05, 4.69) is 4.74 Å². The van der Waals surface area contributed by atoms with Crippen LogP contribution in [0.15, 0.2) is 18.2 Å². The summed E-state index contributed by atoms with van der Waals surface area (Å²) in [6.45, 7) is 1.04. The molecule has 0 saturated carbocycles. The van der Waals surface area contributed by atoms with Crippen molar-refractivity contribution >= 4 is 11.7 Å². The molecule has 6 heteroatoms. The van der Waals surface area contributed by atoms with Gasteiger partial charge in [-0.3, -0.25) is 0 Å². The summed E-state index contributed by atoms with van der Waals surface area (Å²) < 4.78 is 40.0. The molecule has 0 unspecified atom stereocenters. The minimum Gasteiger partial charge on any atom is -0.462 e. The van der Waals surface area contributed by atoms with Crippen LogP contribution in [-0.4, -0.2) is 18.8 Å². The van der Waals surface area contributed by atoms with E-state index in [1.807, 2.05) is 0 Å². The van der Waals surface area contributed by atoms with Crippen molar-refractivity contribution < 1.29 is 22.7 Å². The lowest BCUT2D eigenvalue weighted by Gasteiger charge is -2.08. The summed E-state index contributed by atoms with van der Waals surface area (Å²) in [5, 5.41) is 0. The highest BCUT2D eigenvalue weighted by molar-refractivity contribution is 5.90. The van der Waals surface area contributed by atoms with Gasteiger partial charge in [-0.1, -0.05) is 0 Å². The number of rotatable bonds is 3. The number of esters is 1. The Morgan fingerprint density at radius 2 is 2.00 bits per heavy atom. The molecule has 1 rings (SSSR count). The first-order chi connectivity index (χ1) is 7.78. The molecule has 2 N–H and O–H groups in total. The summed E-state index contributed by atoms with van der Waals surface area (Å²) in [6, 6.07) is 4.52. The second-order valence-electron chi connectivity index (χ2n) is 3.63. The van der Waals surface area contributed by atoms with Crippen LogP contribution in [0, 0.1) is 6.92 Å². The van der Waals surface area contributed by atoms with E-state index in [1.54, 1.807) is 13.0 Å². The summed E-state index contributed by atoms with van der Waals surface area (Å²) >= 11 is 0. The van der Waals surface area contributed by atoms with E-state index >= 15 is 0 Å². The first kappa shape index (κ1) is 13.3. The number of benzene rings is 1. The van der Waals surface area contributed by atoms with Gasteiger partial charge in [0.15, 0.2) is 0 Å². The zero-order chi connectivity index (χ0) is 13.1. The lowest BCUT2D eigenvalue weighted by Crippen LogP contribution is -2.15. The molecule has 0 atom stereocenters. The first-order valence-corrected chi connectivity index (χ1v) is 4.89. The maximum atomic E-state index is 11.8. The van der Waals surface area contributed by atoms with Crippen LogP contribution < -0.4 is 5.73 Å². The third-order valence-electron chi connectivity index (χ3n) is 1.95. The lowest BCUT2D eigenvalue weighted by molar-refractivity contribution is -0.141. The van der Waals surface area contributed by atoms with Gasteiger partial charge in [-0.15, -0.1) is 0 Å². The van der Waals surface area contributed by atoms with Crippen LogP contribution in [0.1, 0.15) is 22.3 Å². The Kier molecular flexibility index (Phi) is 3.98. The predicted molar refractivity (Wildman–Crippen MR) is 56.5 cm³/mol. The largest absolute Gasteiger partial charge is 0.462 e. The van der Waals surface area contributed by atoms with Crippen LogP contribution in [0.4, 0.5) is 18.9 Å². The molecular formula is C11H12F3NO2. The highest BCUT2D eigenvalue weighted by Crippen LogP contribution is 2.19. The Hall–Kier alpha value is -1.72. The maximum Gasteiger partial charge on any atom is 0.392 e. The van der Waals surface area contributed by atoms with E-state index in [1.165, 1.54) is 12.1 Å². The standard InChI is InChI=1S/C11H12F3NO2/c1-7-4-8(6-9(15)5-7)10(16)17-3-2-11(12,13)14/h4-6H,2-3,15H2,1H3. The number of ether oxygens (including phenoxy) is 1. The van der Waals surface area contributed by atoms with Crippen molar-refractivity contribution in [3.63, 3.8) is 0 Å². The van der Waals surface area contributed by atoms with Gasteiger partial charge in [-0.25, -0.2) is 4.79 Å². The Morgan fingerprint density at radius 3 is 2.53 bits per heavy atom. The lowest BCUT2D eigenvalue weighted by atomic mass is 10.1.